The summed E-state index contributed by atoms with van der Waals surface area (Å²) in [5.74, 6) is 0.0790. The van der Waals surface area contributed by atoms with Crippen molar-refractivity contribution in [3.8, 4) is 0 Å². The van der Waals surface area contributed by atoms with Crippen LogP contribution < -0.4 is 4.90 Å². The smallest absolute Gasteiger partial charge is 0.234 e. The van der Waals surface area contributed by atoms with Gasteiger partial charge in [0.15, 0.2) is 5.13 Å². The van der Waals surface area contributed by atoms with Gasteiger partial charge in [0, 0.05) is 13.2 Å². The van der Waals surface area contributed by atoms with E-state index in [1.54, 1.807) is 11.3 Å². The molecule has 4 nitrogen and oxygen atoms in total. The van der Waals surface area contributed by atoms with Crippen molar-refractivity contribution < 1.29 is 9.53 Å². The maximum absolute atomic E-state index is 13.1. The highest BCUT2D eigenvalue weighted by Crippen LogP contribution is 2.30. The minimum Gasteiger partial charge on any atom is -0.381 e. The zero-order valence-electron chi connectivity index (χ0n) is 13.9. The highest BCUT2D eigenvalue weighted by atomic mass is 32.1. The number of fused-ring (bicyclic) bond motifs is 1. The zero-order chi connectivity index (χ0) is 17.1. The lowest BCUT2D eigenvalue weighted by molar-refractivity contribution is -0.122. The SMILES string of the molecule is O=C(C1CCOC1)N(CCc1ccccc1)c1nc2ccccc2s1. The molecule has 0 saturated carbocycles. The van der Waals surface area contributed by atoms with E-state index in [1.165, 1.54) is 5.56 Å². The number of hydrogen-bond acceptors (Lipinski definition) is 4. The van der Waals surface area contributed by atoms with E-state index in [9.17, 15) is 4.79 Å². The molecule has 0 spiro atoms. The summed E-state index contributed by atoms with van der Waals surface area (Å²) in [6.07, 6.45) is 1.61. The van der Waals surface area contributed by atoms with E-state index in [4.69, 9.17) is 9.72 Å². The number of ether oxygens (including phenoxy) is 1. The fourth-order valence-corrected chi connectivity index (χ4v) is 4.11. The number of carbonyl (C=O) groups excluding carboxylic acids is 1. The van der Waals surface area contributed by atoms with Crippen molar-refractivity contribution in [2.45, 2.75) is 12.8 Å². The van der Waals surface area contributed by atoms with Crippen LogP contribution in [0.3, 0.4) is 0 Å². The Kier molecular flexibility index (Phi) is 4.76. The third-order valence-corrected chi connectivity index (χ3v) is 5.58. The van der Waals surface area contributed by atoms with E-state index in [1.807, 2.05) is 41.3 Å². The molecule has 0 radical (unpaired) electrons. The summed E-state index contributed by atoms with van der Waals surface area (Å²) < 4.78 is 6.53. The molecule has 5 heteroatoms. The molecule has 2 heterocycles. The Morgan fingerprint density at radius 2 is 1.96 bits per heavy atom. The Bertz CT molecular complexity index is 823. The van der Waals surface area contributed by atoms with Crippen LogP contribution >= 0.6 is 11.3 Å². The molecule has 1 saturated heterocycles. The summed E-state index contributed by atoms with van der Waals surface area (Å²) in [4.78, 5) is 19.6. The van der Waals surface area contributed by atoms with Crippen molar-refractivity contribution in [2.75, 3.05) is 24.7 Å². The lowest BCUT2D eigenvalue weighted by atomic mass is 10.1. The number of amides is 1. The second-order valence-corrected chi connectivity index (χ2v) is 7.26. The molecule has 25 heavy (non-hydrogen) atoms. The van der Waals surface area contributed by atoms with E-state index in [0.29, 0.717) is 19.8 Å². The molecule has 0 bridgehead atoms. The number of hydrogen-bond donors (Lipinski definition) is 0. The number of anilines is 1. The fraction of sp³-hybridized carbons (Fsp3) is 0.300. The van der Waals surface area contributed by atoms with Gasteiger partial charge in [-0.05, 0) is 30.5 Å². The van der Waals surface area contributed by atoms with E-state index in [-0.39, 0.29) is 11.8 Å². The van der Waals surface area contributed by atoms with Crippen LogP contribution in [0.5, 0.6) is 0 Å². The van der Waals surface area contributed by atoms with Crippen molar-refractivity contribution in [3.63, 3.8) is 0 Å². The van der Waals surface area contributed by atoms with E-state index in [2.05, 4.69) is 18.2 Å². The summed E-state index contributed by atoms with van der Waals surface area (Å²) in [6, 6.07) is 18.3. The van der Waals surface area contributed by atoms with Gasteiger partial charge in [0.2, 0.25) is 5.91 Å². The number of nitrogens with zero attached hydrogens (tertiary/aromatic N) is 2. The van der Waals surface area contributed by atoms with Crippen LogP contribution in [0, 0.1) is 5.92 Å². The van der Waals surface area contributed by atoms with Crippen molar-refractivity contribution >= 4 is 32.6 Å². The average Bonchev–Trinajstić information content (AvgIpc) is 3.32. The number of aromatic nitrogens is 1. The number of thiazole rings is 1. The fourth-order valence-electron chi connectivity index (χ4n) is 3.11. The second kappa shape index (κ2) is 7.33. The molecular weight excluding hydrogens is 332 g/mol. The summed E-state index contributed by atoms with van der Waals surface area (Å²) in [5.41, 5.74) is 2.17. The highest BCUT2D eigenvalue weighted by Gasteiger charge is 2.30. The van der Waals surface area contributed by atoms with Crippen LogP contribution in [0.4, 0.5) is 5.13 Å². The third kappa shape index (κ3) is 3.57. The largest absolute Gasteiger partial charge is 0.381 e. The Morgan fingerprint density at radius 3 is 2.72 bits per heavy atom. The molecule has 1 atom stereocenters. The minimum atomic E-state index is -0.0530. The first-order valence-electron chi connectivity index (χ1n) is 8.60. The molecule has 1 amide bonds. The van der Waals surface area contributed by atoms with Gasteiger partial charge >= 0.3 is 0 Å². The average molecular weight is 352 g/mol. The van der Waals surface area contributed by atoms with Gasteiger partial charge in [0.25, 0.3) is 0 Å². The van der Waals surface area contributed by atoms with Crippen molar-refractivity contribution in [1.29, 1.82) is 0 Å². The summed E-state index contributed by atoms with van der Waals surface area (Å²) in [7, 11) is 0. The number of rotatable bonds is 5. The summed E-state index contributed by atoms with van der Waals surface area (Å²) >= 11 is 1.58. The molecule has 128 valence electrons. The summed E-state index contributed by atoms with van der Waals surface area (Å²) in [6.45, 7) is 1.83. The van der Waals surface area contributed by atoms with Crippen molar-refractivity contribution in [2.24, 2.45) is 5.92 Å². The molecule has 1 aromatic heterocycles. The molecule has 1 aliphatic rings. The van der Waals surface area contributed by atoms with Crippen LogP contribution in [0.25, 0.3) is 10.2 Å². The Labute approximate surface area is 151 Å². The molecule has 1 fully saturated rings. The molecule has 2 aromatic carbocycles. The number of benzene rings is 2. The molecular formula is C20H20N2O2S. The first-order chi connectivity index (χ1) is 12.3. The van der Waals surface area contributed by atoms with E-state index < -0.39 is 0 Å². The normalized spacial score (nSPS) is 17.0. The molecule has 0 aliphatic carbocycles. The van der Waals surface area contributed by atoms with Gasteiger partial charge < -0.3 is 4.74 Å². The Morgan fingerprint density at radius 1 is 1.16 bits per heavy atom. The van der Waals surface area contributed by atoms with Crippen molar-refractivity contribution in [1.82, 2.24) is 4.98 Å². The Hall–Kier alpha value is -2.24. The van der Waals surface area contributed by atoms with Crippen LogP contribution in [0.15, 0.2) is 54.6 Å². The quantitative estimate of drug-likeness (QED) is 0.699. The zero-order valence-corrected chi connectivity index (χ0v) is 14.7. The molecule has 0 N–H and O–H groups in total. The van der Waals surface area contributed by atoms with E-state index >= 15 is 0 Å². The second-order valence-electron chi connectivity index (χ2n) is 6.25. The predicted molar refractivity (Wildman–Crippen MR) is 101 cm³/mol. The monoisotopic (exact) mass is 352 g/mol. The van der Waals surface area contributed by atoms with E-state index in [0.717, 1.165) is 28.2 Å². The lowest BCUT2D eigenvalue weighted by Crippen LogP contribution is -2.38. The number of para-hydroxylation sites is 1. The van der Waals surface area contributed by atoms with Crippen LogP contribution in [0.2, 0.25) is 0 Å². The highest BCUT2D eigenvalue weighted by molar-refractivity contribution is 7.22. The van der Waals surface area contributed by atoms with Gasteiger partial charge in [-0.15, -0.1) is 0 Å². The van der Waals surface area contributed by atoms with Crippen molar-refractivity contribution in [3.05, 3.63) is 60.2 Å². The van der Waals surface area contributed by atoms with Gasteiger partial charge in [0.1, 0.15) is 0 Å². The van der Waals surface area contributed by atoms with Crippen LogP contribution in [-0.4, -0.2) is 30.6 Å². The van der Waals surface area contributed by atoms with Gasteiger partial charge in [-0.2, -0.15) is 0 Å². The van der Waals surface area contributed by atoms with Gasteiger partial charge in [-0.3, -0.25) is 9.69 Å². The van der Waals surface area contributed by atoms with Crippen LogP contribution in [-0.2, 0) is 16.0 Å². The molecule has 1 aliphatic heterocycles. The third-order valence-electron chi connectivity index (χ3n) is 4.53. The molecule has 1 unspecified atom stereocenters. The maximum atomic E-state index is 13.1. The first-order valence-corrected chi connectivity index (χ1v) is 9.41. The van der Waals surface area contributed by atoms with Gasteiger partial charge in [0.05, 0.1) is 22.7 Å². The summed E-state index contributed by atoms with van der Waals surface area (Å²) in [5, 5.41) is 0.786. The first kappa shape index (κ1) is 16.2. The van der Waals surface area contributed by atoms with Gasteiger partial charge in [-0.1, -0.05) is 53.8 Å². The molecule has 4 rings (SSSR count). The van der Waals surface area contributed by atoms with Crippen LogP contribution in [0.1, 0.15) is 12.0 Å². The lowest BCUT2D eigenvalue weighted by Gasteiger charge is -2.22. The standard InChI is InChI=1S/C20H20N2O2S/c23-19(16-11-13-24-14-16)22(12-10-15-6-2-1-3-7-15)20-21-17-8-4-5-9-18(17)25-20/h1-9,16H,10-14H2. The Balaban J connectivity index is 1.61. The minimum absolute atomic E-state index is 0.0530. The predicted octanol–water partition coefficient (Wildman–Crippen LogP) is 3.91. The maximum Gasteiger partial charge on any atom is 0.234 e. The van der Waals surface area contributed by atoms with Gasteiger partial charge in [-0.25, -0.2) is 4.98 Å². The number of carbonyl (C=O) groups is 1. The topological polar surface area (TPSA) is 42.4 Å². The molecule has 3 aromatic rings.